The third kappa shape index (κ3) is 46.7. The molecule has 0 radical (unpaired) electrons. The largest absolute Gasteiger partial charge is 0.694 e. The molecule has 0 spiro atoms. The maximum atomic E-state index is 9.29. The Labute approximate surface area is 181 Å². The van der Waals surface area contributed by atoms with Crippen molar-refractivity contribution in [2.75, 3.05) is 7.11 Å². The summed E-state index contributed by atoms with van der Waals surface area (Å²) in [6.07, 6.45) is 0. The monoisotopic (exact) mass is 443 g/mol. The van der Waals surface area contributed by atoms with Gasteiger partial charge in [-0.25, -0.2) is 0 Å². The van der Waals surface area contributed by atoms with Crippen molar-refractivity contribution in [3.05, 3.63) is 0 Å². The molecule has 0 aromatic carbocycles. The van der Waals surface area contributed by atoms with Gasteiger partial charge in [0, 0.05) is 27.0 Å². The molecule has 0 aromatic heterocycles. The summed E-state index contributed by atoms with van der Waals surface area (Å²) in [7, 11) is -1.18. The van der Waals surface area contributed by atoms with Gasteiger partial charge in [0.2, 0.25) is 0 Å². The predicted octanol–water partition coefficient (Wildman–Crippen LogP) is 4.05. The molecule has 162 valence electrons. The zero-order valence-corrected chi connectivity index (χ0v) is 23.5. The van der Waals surface area contributed by atoms with Crippen molar-refractivity contribution in [2.24, 2.45) is 0 Å². The van der Waals surface area contributed by atoms with E-state index in [0.29, 0.717) is 0 Å². The van der Waals surface area contributed by atoms with E-state index in [1.165, 1.54) is 7.11 Å². The molecule has 1 unspecified atom stereocenters. The van der Waals surface area contributed by atoms with Crippen LogP contribution in [0.5, 0.6) is 0 Å². The van der Waals surface area contributed by atoms with Gasteiger partial charge in [0.05, 0.1) is 7.11 Å². The lowest BCUT2D eigenvalue weighted by Gasteiger charge is -2.25. The van der Waals surface area contributed by atoms with E-state index >= 15 is 0 Å². The van der Waals surface area contributed by atoms with Crippen LogP contribution in [0.15, 0.2) is 0 Å². The Hall–Kier alpha value is 0.925. The molecule has 0 aliphatic rings. The Kier molecular flexibility index (Phi) is 17.9. The smallest absolute Gasteiger partial charge is 0.477 e. The van der Waals surface area contributed by atoms with Gasteiger partial charge in [-0.3, -0.25) is 0 Å². The van der Waals surface area contributed by atoms with Gasteiger partial charge in [-0.2, -0.15) is 0 Å². The minimum atomic E-state index is -2.35. The average molecular weight is 443 g/mol. The van der Waals surface area contributed by atoms with E-state index < -0.39 is 40.0 Å². The fourth-order valence-electron chi connectivity index (χ4n) is 0.766. The van der Waals surface area contributed by atoms with Crippen LogP contribution in [0.4, 0.5) is 0 Å². The lowest BCUT2D eigenvalue weighted by atomic mass is 10.2. The SMILES string of the molecule is CC(C)(C)[O][AlH][O]C(C)(C)C.CC(C)(C)[O][AlH][O]C(C)(C)C.CO[P+](=O)O. The Morgan fingerprint density at radius 2 is 0.741 bits per heavy atom. The lowest BCUT2D eigenvalue weighted by Crippen LogP contribution is -2.29. The van der Waals surface area contributed by atoms with Crippen molar-refractivity contribution in [2.45, 2.75) is 105 Å². The molecule has 0 bridgehead atoms. The quantitative estimate of drug-likeness (QED) is 0.507. The Bertz CT molecular complexity index is 323. The summed E-state index contributed by atoms with van der Waals surface area (Å²) in [5.74, 6) is 0. The Balaban J connectivity index is -0.000000344. The van der Waals surface area contributed by atoms with Crippen molar-refractivity contribution in [1.29, 1.82) is 0 Å². The first kappa shape index (κ1) is 32.6. The molecule has 0 heterocycles. The van der Waals surface area contributed by atoms with Crippen molar-refractivity contribution in [3.63, 3.8) is 0 Å². The molecule has 0 aliphatic heterocycles. The molecule has 0 aromatic rings. The van der Waals surface area contributed by atoms with Crippen LogP contribution in [0.25, 0.3) is 0 Å². The van der Waals surface area contributed by atoms with Crippen LogP contribution in [0.3, 0.4) is 0 Å². The maximum absolute atomic E-state index is 9.29. The second-order valence-corrected chi connectivity index (χ2v) is 12.1. The summed E-state index contributed by atoms with van der Waals surface area (Å²) in [6, 6.07) is 0. The first-order chi connectivity index (χ1) is 11.7. The van der Waals surface area contributed by atoms with E-state index in [2.05, 4.69) is 4.52 Å². The normalized spacial score (nSPS) is 12.9. The highest BCUT2D eigenvalue weighted by atomic mass is 31.1. The second kappa shape index (κ2) is 14.8. The van der Waals surface area contributed by atoms with Gasteiger partial charge in [0.25, 0.3) is 0 Å². The van der Waals surface area contributed by atoms with Gasteiger partial charge in [-0.1, -0.05) is 0 Å². The first-order valence-electron chi connectivity index (χ1n) is 8.94. The van der Waals surface area contributed by atoms with Crippen molar-refractivity contribution in [3.8, 4) is 0 Å². The van der Waals surface area contributed by atoms with Crippen molar-refractivity contribution >= 4 is 40.0 Å². The van der Waals surface area contributed by atoms with Gasteiger partial charge in [0.15, 0.2) is 0 Å². The van der Waals surface area contributed by atoms with Crippen LogP contribution in [0, 0.1) is 0 Å². The number of hydrogen-bond donors (Lipinski definition) is 1. The molecular formula is C17H42Al2O7P+. The van der Waals surface area contributed by atoms with Crippen LogP contribution < -0.4 is 0 Å². The molecule has 0 saturated heterocycles. The highest BCUT2D eigenvalue weighted by Gasteiger charge is 2.18. The molecule has 0 aliphatic carbocycles. The standard InChI is InChI=1S/4C4H9O.CH3O3P.2Al.2H/c4*1-4(2,3)5;1-4-5(2)3;;;;/h4*1-3H3;1H3;;;;/q4*-1;;2*+2;;/p+1. The highest BCUT2D eigenvalue weighted by molar-refractivity contribution is 7.32. The number of hydrogen-bond acceptors (Lipinski definition) is 6. The van der Waals surface area contributed by atoms with Crippen molar-refractivity contribution in [1.82, 2.24) is 0 Å². The minimum absolute atomic E-state index is 0.0442. The minimum Gasteiger partial charge on any atom is -0.477 e. The van der Waals surface area contributed by atoms with Gasteiger partial charge in [-0.05, 0) is 83.1 Å². The Morgan fingerprint density at radius 1 is 0.593 bits per heavy atom. The third-order valence-corrected chi connectivity index (χ3v) is 6.37. The van der Waals surface area contributed by atoms with Crippen LogP contribution in [-0.2, 0) is 24.2 Å². The lowest BCUT2D eigenvalue weighted by molar-refractivity contribution is 0.0500. The van der Waals surface area contributed by atoms with Crippen molar-refractivity contribution < 1.29 is 29.1 Å². The van der Waals surface area contributed by atoms with E-state index in [4.69, 9.17) is 20.0 Å². The van der Waals surface area contributed by atoms with Gasteiger partial charge in [0.1, 0.15) is 0 Å². The summed E-state index contributed by atoms with van der Waals surface area (Å²) in [5, 5.41) is 0. The summed E-state index contributed by atoms with van der Waals surface area (Å²) in [6.45, 7) is 24.6. The van der Waals surface area contributed by atoms with E-state index in [0.717, 1.165) is 0 Å². The van der Waals surface area contributed by atoms with Crippen LogP contribution in [0.1, 0.15) is 83.1 Å². The van der Waals surface area contributed by atoms with Crippen LogP contribution in [0.2, 0.25) is 0 Å². The van der Waals surface area contributed by atoms with Crippen LogP contribution >= 0.6 is 8.25 Å². The molecule has 0 amide bonds. The zero-order valence-electron chi connectivity index (χ0n) is 19.8. The third-order valence-electron chi connectivity index (χ3n) is 2.12. The first-order valence-corrected chi connectivity index (χ1v) is 12.4. The molecule has 0 fully saturated rings. The fraction of sp³-hybridized carbons (Fsp3) is 1.00. The summed E-state index contributed by atoms with van der Waals surface area (Å²) < 4.78 is 35.2. The van der Waals surface area contributed by atoms with Crippen LogP contribution in [-0.4, -0.2) is 66.2 Å². The maximum Gasteiger partial charge on any atom is 0.694 e. The summed E-state index contributed by atoms with van der Waals surface area (Å²) in [5.41, 5.74) is -0.177. The molecule has 1 N–H and O–H groups in total. The van der Waals surface area contributed by atoms with E-state index in [9.17, 15) is 4.57 Å². The molecule has 0 saturated carbocycles. The summed E-state index contributed by atoms with van der Waals surface area (Å²) in [4.78, 5) is 7.65. The zero-order chi connectivity index (χ0) is 22.5. The molecular weight excluding hydrogens is 401 g/mol. The van der Waals surface area contributed by atoms with E-state index in [1.807, 2.05) is 83.1 Å². The second-order valence-electron chi connectivity index (χ2n) is 9.68. The van der Waals surface area contributed by atoms with E-state index in [1.54, 1.807) is 0 Å². The van der Waals surface area contributed by atoms with Gasteiger partial charge in [-0.15, -0.1) is 9.42 Å². The molecule has 7 nitrogen and oxygen atoms in total. The molecule has 1 atom stereocenters. The topological polar surface area (TPSA) is 83.5 Å². The Morgan fingerprint density at radius 3 is 0.815 bits per heavy atom. The molecule has 10 heteroatoms. The van der Waals surface area contributed by atoms with Gasteiger partial charge < -0.3 is 15.2 Å². The highest BCUT2D eigenvalue weighted by Crippen LogP contribution is 2.11. The fourth-order valence-corrected chi connectivity index (χ4v) is 2.30. The average Bonchev–Trinajstić information content (AvgIpc) is 2.33. The van der Waals surface area contributed by atoms with Gasteiger partial charge >= 0.3 is 40.0 Å². The predicted molar refractivity (Wildman–Crippen MR) is 114 cm³/mol. The van der Waals surface area contributed by atoms with E-state index in [-0.39, 0.29) is 22.4 Å². The summed E-state index contributed by atoms with van der Waals surface area (Å²) >= 11 is -1.59. The molecule has 0 rings (SSSR count). The molecule has 27 heavy (non-hydrogen) atoms. The number of rotatable bonds is 5.